The molecule has 0 aliphatic carbocycles. The molecule has 1 saturated heterocycles. The van der Waals surface area contributed by atoms with Crippen LogP contribution in [-0.2, 0) is 6.54 Å². The van der Waals surface area contributed by atoms with Gasteiger partial charge in [-0.15, -0.1) is 0 Å². The lowest BCUT2D eigenvalue weighted by Gasteiger charge is -2.19. The number of carbonyl (C=O) groups is 1. The maximum absolute atomic E-state index is 12.8. The first-order chi connectivity index (χ1) is 13.0. The van der Waals surface area contributed by atoms with Crippen molar-refractivity contribution in [3.05, 3.63) is 64.4 Å². The molecule has 0 aromatic heterocycles. The number of likely N-dealkylation sites (tertiary alicyclic amines) is 1. The minimum Gasteiger partial charge on any atom is -0.872 e. The van der Waals surface area contributed by atoms with E-state index in [0.29, 0.717) is 35.1 Å². The van der Waals surface area contributed by atoms with Gasteiger partial charge < -0.3 is 14.7 Å². The highest BCUT2D eigenvalue weighted by molar-refractivity contribution is 6.14. The fraction of sp³-hybridized carbons (Fsp3) is 0.348. The third kappa shape index (κ3) is 3.50. The first-order valence-electron chi connectivity index (χ1n) is 9.73. The fourth-order valence-corrected chi connectivity index (χ4v) is 3.89. The number of carbonyl (C=O) groups excluding carboxylic acids is 1. The van der Waals surface area contributed by atoms with Crippen LogP contribution in [0.15, 0.2) is 42.2 Å². The Kier molecular flexibility index (Phi) is 4.75. The van der Waals surface area contributed by atoms with Crippen LogP contribution in [0.25, 0.3) is 6.08 Å². The fourth-order valence-electron chi connectivity index (χ4n) is 3.89. The van der Waals surface area contributed by atoms with E-state index in [2.05, 4.69) is 26.0 Å². The van der Waals surface area contributed by atoms with Crippen molar-refractivity contribution in [3.63, 3.8) is 0 Å². The second kappa shape index (κ2) is 7.20. The van der Waals surface area contributed by atoms with Crippen LogP contribution in [-0.4, -0.2) is 18.9 Å². The van der Waals surface area contributed by atoms with Gasteiger partial charge in [-0.05, 0) is 29.2 Å². The van der Waals surface area contributed by atoms with Crippen molar-refractivity contribution in [1.82, 2.24) is 0 Å². The maximum atomic E-state index is 12.8. The normalized spacial score (nSPS) is 18.3. The molecule has 2 aromatic rings. The highest BCUT2D eigenvalue weighted by Crippen LogP contribution is 2.38. The summed E-state index contributed by atoms with van der Waals surface area (Å²) in [6, 6.07) is 11.2. The van der Waals surface area contributed by atoms with Crippen molar-refractivity contribution < 1.29 is 19.5 Å². The highest BCUT2D eigenvalue weighted by Gasteiger charge is 2.31. The number of Topliss-reactive ketones (excluding diaryl/α,β-unsaturated/α-hetero) is 1. The Labute approximate surface area is 160 Å². The number of nitrogens with one attached hydrogen (secondary N) is 1. The lowest BCUT2D eigenvalue weighted by atomic mass is 10.0. The molecule has 0 saturated carbocycles. The minimum atomic E-state index is -0.143. The molecule has 2 aliphatic rings. The van der Waals surface area contributed by atoms with Gasteiger partial charge in [0.1, 0.15) is 12.3 Å². The first-order valence-corrected chi connectivity index (χ1v) is 9.73. The predicted molar refractivity (Wildman–Crippen MR) is 103 cm³/mol. The van der Waals surface area contributed by atoms with E-state index in [0.717, 1.165) is 18.7 Å². The van der Waals surface area contributed by atoms with Gasteiger partial charge in [0.25, 0.3) is 0 Å². The second-order valence-electron chi connectivity index (χ2n) is 7.81. The van der Waals surface area contributed by atoms with Gasteiger partial charge in [0.05, 0.1) is 18.7 Å². The van der Waals surface area contributed by atoms with Crippen LogP contribution in [0.2, 0.25) is 0 Å². The van der Waals surface area contributed by atoms with Crippen LogP contribution in [0.4, 0.5) is 0 Å². The van der Waals surface area contributed by atoms with Crippen LogP contribution in [0, 0.1) is 0 Å². The average Bonchev–Trinajstić information content (AvgIpc) is 3.27. The molecule has 4 nitrogen and oxygen atoms in total. The minimum absolute atomic E-state index is 0.0384. The molecule has 2 aromatic carbocycles. The lowest BCUT2D eigenvalue weighted by molar-refractivity contribution is -0.901. The van der Waals surface area contributed by atoms with Crippen LogP contribution >= 0.6 is 0 Å². The summed E-state index contributed by atoms with van der Waals surface area (Å²) in [5.41, 5.74) is 3.32. The van der Waals surface area contributed by atoms with E-state index in [1.54, 1.807) is 12.1 Å². The number of allylic oxidation sites excluding steroid dienone is 1. The number of quaternary nitrogens is 1. The van der Waals surface area contributed by atoms with Gasteiger partial charge in [-0.2, -0.15) is 0 Å². The van der Waals surface area contributed by atoms with Crippen molar-refractivity contribution in [3.8, 4) is 11.5 Å². The van der Waals surface area contributed by atoms with Gasteiger partial charge in [0.2, 0.25) is 5.78 Å². The largest absolute Gasteiger partial charge is 0.872 e. The zero-order valence-corrected chi connectivity index (χ0v) is 15.9. The Morgan fingerprint density at radius 1 is 1.11 bits per heavy atom. The number of rotatable bonds is 4. The van der Waals surface area contributed by atoms with E-state index in [1.165, 1.54) is 29.4 Å². The standard InChI is InChI=1S/C23H25NO3/c1-15(2)17-7-5-16(6-8-17)13-21-22(26)18-9-10-20(25)19(23(18)27-21)14-24-11-3-4-12-24/h5-10,13,15,25H,3-4,11-12,14H2,1-2H3/b21-13-. The van der Waals surface area contributed by atoms with Crippen LogP contribution < -0.4 is 14.7 Å². The summed E-state index contributed by atoms with van der Waals surface area (Å²) in [7, 11) is 0. The molecule has 1 fully saturated rings. The average molecular weight is 363 g/mol. The third-order valence-electron chi connectivity index (χ3n) is 5.54. The molecule has 2 heterocycles. The van der Waals surface area contributed by atoms with Gasteiger partial charge in [0, 0.05) is 18.4 Å². The van der Waals surface area contributed by atoms with E-state index in [4.69, 9.17) is 4.74 Å². The molecule has 0 amide bonds. The van der Waals surface area contributed by atoms with Crippen LogP contribution in [0.5, 0.6) is 11.5 Å². The molecule has 0 spiro atoms. The van der Waals surface area contributed by atoms with Crippen LogP contribution in [0.3, 0.4) is 0 Å². The zero-order chi connectivity index (χ0) is 19.0. The molecule has 2 aliphatic heterocycles. The topological polar surface area (TPSA) is 53.8 Å². The van der Waals surface area contributed by atoms with E-state index >= 15 is 0 Å². The molecule has 27 heavy (non-hydrogen) atoms. The Morgan fingerprint density at radius 2 is 1.81 bits per heavy atom. The van der Waals surface area contributed by atoms with Gasteiger partial charge in [0.15, 0.2) is 5.76 Å². The zero-order valence-electron chi connectivity index (χ0n) is 15.9. The molecule has 0 bridgehead atoms. The Hall–Kier alpha value is -2.59. The summed E-state index contributed by atoms with van der Waals surface area (Å²) in [4.78, 5) is 14.2. The molecule has 1 N–H and O–H groups in total. The molecular formula is C23H25NO3. The second-order valence-corrected chi connectivity index (χ2v) is 7.81. The van der Waals surface area contributed by atoms with E-state index in [9.17, 15) is 9.90 Å². The first kappa shape index (κ1) is 17.8. The number of ketones is 1. The molecule has 0 unspecified atom stereocenters. The number of ether oxygens (including phenoxy) is 1. The third-order valence-corrected chi connectivity index (χ3v) is 5.54. The van der Waals surface area contributed by atoms with E-state index in [1.807, 2.05) is 12.1 Å². The molecule has 0 atom stereocenters. The van der Waals surface area contributed by atoms with E-state index in [-0.39, 0.29) is 11.5 Å². The quantitative estimate of drug-likeness (QED) is 0.850. The SMILES string of the molecule is CC(C)c1ccc(/C=C2\Oc3c(ccc([O-])c3C[NH+]3CCCC3)C2=O)cc1. The highest BCUT2D eigenvalue weighted by atomic mass is 16.5. The maximum Gasteiger partial charge on any atom is 0.231 e. The summed E-state index contributed by atoms with van der Waals surface area (Å²) in [5.74, 6) is 1.05. The molecule has 140 valence electrons. The van der Waals surface area contributed by atoms with Gasteiger partial charge in [-0.3, -0.25) is 4.79 Å². The van der Waals surface area contributed by atoms with E-state index < -0.39 is 0 Å². The molecular weight excluding hydrogens is 338 g/mol. The monoisotopic (exact) mass is 363 g/mol. The Morgan fingerprint density at radius 3 is 2.48 bits per heavy atom. The van der Waals surface area contributed by atoms with Crippen molar-refractivity contribution in [2.45, 2.75) is 39.2 Å². The van der Waals surface area contributed by atoms with Gasteiger partial charge in [-0.1, -0.05) is 49.9 Å². The van der Waals surface area contributed by atoms with Crippen molar-refractivity contribution in [1.29, 1.82) is 0 Å². The summed E-state index contributed by atoms with van der Waals surface area (Å²) in [6.45, 7) is 7.08. The Balaban J connectivity index is 1.63. The summed E-state index contributed by atoms with van der Waals surface area (Å²) >= 11 is 0. The molecule has 4 heteroatoms. The van der Waals surface area contributed by atoms with Gasteiger partial charge >= 0.3 is 0 Å². The molecule has 4 rings (SSSR count). The summed E-state index contributed by atoms with van der Waals surface area (Å²) in [6.07, 6.45) is 4.15. The predicted octanol–water partition coefficient (Wildman–Crippen LogP) is 2.68. The number of fused-ring (bicyclic) bond motifs is 1. The van der Waals surface area contributed by atoms with Crippen molar-refractivity contribution in [2.24, 2.45) is 0 Å². The van der Waals surface area contributed by atoms with Crippen LogP contribution in [0.1, 0.15) is 59.7 Å². The number of hydrogen-bond donors (Lipinski definition) is 1. The number of benzene rings is 2. The molecule has 0 radical (unpaired) electrons. The summed E-state index contributed by atoms with van der Waals surface area (Å²) in [5, 5.41) is 12.4. The van der Waals surface area contributed by atoms with Crippen molar-refractivity contribution >= 4 is 11.9 Å². The van der Waals surface area contributed by atoms with Gasteiger partial charge in [-0.25, -0.2) is 0 Å². The lowest BCUT2D eigenvalue weighted by Crippen LogP contribution is -3.08. The number of hydrogen-bond acceptors (Lipinski definition) is 3. The Bertz CT molecular complexity index is 891. The smallest absolute Gasteiger partial charge is 0.231 e. The summed E-state index contributed by atoms with van der Waals surface area (Å²) < 4.78 is 5.92. The van der Waals surface area contributed by atoms with Crippen molar-refractivity contribution in [2.75, 3.05) is 13.1 Å².